The molecule has 0 spiro atoms. The Kier molecular flexibility index (Phi) is 3.57. The van der Waals surface area contributed by atoms with Gasteiger partial charge < -0.3 is 4.98 Å². The normalized spacial score (nSPS) is 10.8. The third-order valence-corrected chi connectivity index (χ3v) is 4.25. The van der Waals surface area contributed by atoms with Gasteiger partial charge in [-0.05, 0) is 52.4 Å². The lowest BCUT2D eigenvalue weighted by atomic mass is 10.2. The predicted octanol–water partition coefficient (Wildman–Crippen LogP) is 5.11. The van der Waals surface area contributed by atoms with Crippen molar-refractivity contribution in [1.82, 2.24) is 9.55 Å². The number of nitrogens with one attached hydrogen (secondary N) is 1. The molecular weight excluding hydrogens is 377 g/mol. The van der Waals surface area contributed by atoms with Gasteiger partial charge in [-0.25, -0.2) is 4.39 Å². The monoisotopic (exact) mass is 381 g/mol. The lowest BCUT2D eigenvalue weighted by Crippen LogP contribution is -1.96. The molecule has 0 saturated carbocycles. The number of hydrogen-bond donors (Lipinski definition) is 1. The number of nitrogens with zero attached hydrogens (tertiary/aromatic N) is 2. The van der Waals surface area contributed by atoms with Crippen LogP contribution in [0.25, 0.3) is 16.7 Å². The third-order valence-electron chi connectivity index (χ3n) is 3.04. The van der Waals surface area contributed by atoms with Gasteiger partial charge in [0.2, 0.25) is 0 Å². The second-order valence-corrected chi connectivity index (χ2v) is 5.98. The number of aromatic amines is 1. The Morgan fingerprint density at radius 3 is 2.76 bits per heavy atom. The van der Waals surface area contributed by atoms with Crippen molar-refractivity contribution in [3.05, 3.63) is 56.0 Å². The zero-order valence-corrected chi connectivity index (χ0v) is 13.5. The van der Waals surface area contributed by atoms with Gasteiger partial charge >= 0.3 is 0 Å². The summed E-state index contributed by atoms with van der Waals surface area (Å²) in [7, 11) is 0. The Bertz CT molecular complexity index is 971. The van der Waals surface area contributed by atoms with Crippen molar-refractivity contribution in [2.45, 2.75) is 0 Å². The number of H-pyrrole nitrogens is 1. The van der Waals surface area contributed by atoms with Crippen LogP contribution in [0.1, 0.15) is 5.56 Å². The minimum absolute atomic E-state index is 0.0322. The SMILES string of the molecule is N#Cc1ccc(-n2c(=S)[nH]c3cc(Cl)c(F)cc32)c(Br)c1. The highest BCUT2D eigenvalue weighted by Crippen LogP contribution is 2.29. The number of imidazole rings is 1. The molecule has 1 N–H and O–H groups in total. The Morgan fingerprint density at radius 2 is 2.10 bits per heavy atom. The van der Waals surface area contributed by atoms with Crippen molar-refractivity contribution < 1.29 is 4.39 Å². The first kappa shape index (κ1) is 14.3. The van der Waals surface area contributed by atoms with E-state index in [1.165, 1.54) is 12.1 Å². The lowest BCUT2D eigenvalue weighted by Gasteiger charge is -2.08. The van der Waals surface area contributed by atoms with E-state index in [0.717, 1.165) is 0 Å². The molecule has 0 fully saturated rings. The standard InChI is InChI=1S/C14H6BrClFN3S/c15-8-3-7(6-18)1-2-12(8)20-13-5-10(17)9(16)4-11(13)19-14(20)21/h1-5H,(H,19,21). The molecule has 1 aromatic heterocycles. The van der Waals surface area contributed by atoms with Crippen LogP contribution in [0.5, 0.6) is 0 Å². The summed E-state index contributed by atoms with van der Waals surface area (Å²) in [5, 5.41) is 8.94. The fourth-order valence-corrected chi connectivity index (χ4v) is 3.13. The molecule has 3 rings (SSSR count). The van der Waals surface area contributed by atoms with Crippen LogP contribution in [0.15, 0.2) is 34.8 Å². The molecule has 0 atom stereocenters. The van der Waals surface area contributed by atoms with E-state index < -0.39 is 5.82 Å². The number of benzene rings is 2. The lowest BCUT2D eigenvalue weighted by molar-refractivity contribution is 0.629. The second-order valence-electron chi connectivity index (χ2n) is 4.33. The van der Waals surface area contributed by atoms with Crippen LogP contribution in [0, 0.1) is 21.9 Å². The van der Waals surface area contributed by atoms with Crippen molar-refractivity contribution in [3.63, 3.8) is 0 Å². The topological polar surface area (TPSA) is 44.5 Å². The van der Waals surface area contributed by atoms with Gasteiger partial charge in [0, 0.05) is 10.5 Å². The molecule has 0 unspecified atom stereocenters. The Hall–Kier alpha value is -1.68. The van der Waals surface area contributed by atoms with Crippen LogP contribution in [0.2, 0.25) is 5.02 Å². The number of fused-ring (bicyclic) bond motifs is 1. The van der Waals surface area contributed by atoms with Crippen molar-refractivity contribution in [2.24, 2.45) is 0 Å². The minimum atomic E-state index is -0.517. The quantitative estimate of drug-likeness (QED) is 0.594. The van der Waals surface area contributed by atoms with Crippen LogP contribution in [0.4, 0.5) is 4.39 Å². The molecule has 3 nitrogen and oxygen atoms in total. The first-order valence-electron chi connectivity index (χ1n) is 5.81. The van der Waals surface area contributed by atoms with E-state index >= 15 is 0 Å². The van der Waals surface area contributed by atoms with Gasteiger partial charge in [0.25, 0.3) is 0 Å². The van der Waals surface area contributed by atoms with Gasteiger partial charge in [0.15, 0.2) is 4.77 Å². The highest BCUT2D eigenvalue weighted by molar-refractivity contribution is 9.10. The summed E-state index contributed by atoms with van der Waals surface area (Å²) in [6.07, 6.45) is 0. The summed E-state index contributed by atoms with van der Waals surface area (Å²) in [6.45, 7) is 0. The van der Waals surface area contributed by atoms with E-state index in [2.05, 4.69) is 27.0 Å². The van der Waals surface area contributed by atoms with Gasteiger partial charge in [0.05, 0.1) is 33.4 Å². The summed E-state index contributed by atoms with van der Waals surface area (Å²) in [5.74, 6) is -0.517. The average Bonchev–Trinajstić information content (AvgIpc) is 2.75. The minimum Gasteiger partial charge on any atom is -0.330 e. The van der Waals surface area contributed by atoms with E-state index in [0.29, 0.717) is 31.5 Å². The molecule has 2 aromatic carbocycles. The molecule has 0 saturated heterocycles. The maximum atomic E-state index is 13.7. The van der Waals surface area contributed by atoms with Gasteiger partial charge in [-0.3, -0.25) is 4.57 Å². The van der Waals surface area contributed by atoms with Crippen LogP contribution >= 0.6 is 39.7 Å². The average molecular weight is 383 g/mol. The molecule has 7 heteroatoms. The Morgan fingerprint density at radius 1 is 1.33 bits per heavy atom. The number of aromatic nitrogens is 2. The molecular formula is C14H6BrClFN3S. The fourth-order valence-electron chi connectivity index (χ4n) is 2.10. The number of halogens is 3. The van der Waals surface area contributed by atoms with Crippen molar-refractivity contribution >= 4 is 50.8 Å². The van der Waals surface area contributed by atoms with Crippen molar-refractivity contribution in [2.75, 3.05) is 0 Å². The molecule has 0 aliphatic rings. The van der Waals surface area contributed by atoms with Gasteiger partial charge in [-0.15, -0.1) is 0 Å². The van der Waals surface area contributed by atoms with Crippen molar-refractivity contribution in [3.8, 4) is 11.8 Å². The van der Waals surface area contributed by atoms with Gasteiger partial charge in [-0.2, -0.15) is 5.26 Å². The number of nitriles is 1. The van der Waals surface area contributed by atoms with E-state index in [9.17, 15) is 4.39 Å². The zero-order chi connectivity index (χ0) is 15.1. The molecule has 104 valence electrons. The molecule has 0 amide bonds. The van der Waals surface area contributed by atoms with Crippen LogP contribution in [-0.4, -0.2) is 9.55 Å². The smallest absolute Gasteiger partial charge is 0.182 e. The Balaban J connectivity index is 2.35. The first-order chi connectivity index (χ1) is 10.0. The van der Waals surface area contributed by atoms with Crippen LogP contribution in [-0.2, 0) is 0 Å². The third kappa shape index (κ3) is 2.38. The summed E-state index contributed by atoms with van der Waals surface area (Å²) < 4.78 is 16.5. The van der Waals surface area contributed by atoms with Crippen LogP contribution in [0.3, 0.4) is 0 Å². The van der Waals surface area contributed by atoms with Crippen LogP contribution < -0.4 is 0 Å². The van der Waals surface area contributed by atoms with E-state index in [1.54, 1.807) is 22.8 Å². The molecule has 3 aromatic rings. The number of rotatable bonds is 1. The number of hydrogen-bond acceptors (Lipinski definition) is 2. The summed E-state index contributed by atoms with van der Waals surface area (Å²) in [4.78, 5) is 2.99. The van der Waals surface area contributed by atoms with E-state index in [1.807, 2.05) is 0 Å². The Labute approximate surface area is 137 Å². The zero-order valence-electron chi connectivity index (χ0n) is 10.3. The highest BCUT2D eigenvalue weighted by Gasteiger charge is 2.12. The maximum Gasteiger partial charge on any atom is 0.182 e. The largest absolute Gasteiger partial charge is 0.330 e. The summed E-state index contributed by atoms with van der Waals surface area (Å²) >= 11 is 14.5. The molecule has 1 heterocycles. The maximum absolute atomic E-state index is 13.7. The predicted molar refractivity (Wildman–Crippen MR) is 85.8 cm³/mol. The van der Waals surface area contributed by atoms with Gasteiger partial charge in [0.1, 0.15) is 5.82 Å². The molecule has 0 bridgehead atoms. The highest BCUT2D eigenvalue weighted by atomic mass is 79.9. The molecule has 0 aliphatic heterocycles. The fraction of sp³-hybridized carbons (Fsp3) is 0. The first-order valence-corrected chi connectivity index (χ1v) is 7.39. The molecule has 0 radical (unpaired) electrons. The molecule has 0 aliphatic carbocycles. The van der Waals surface area contributed by atoms with Crippen molar-refractivity contribution in [1.29, 1.82) is 5.26 Å². The van der Waals surface area contributed by atoms with Gasteiger partial charge in [-0.1, -0.05) is 11.6 Å². The van der Waals surface area contributed by atoms with E-state index in [4.69, 9.17) is 29.1 Å². The molecule has 21 heavy (non-hydrogen) atoms. The summed E-state index contributed by atoms with van der Waals surface area (Å²) in [5.41, 5.74) is 2.45. The van der Waals surface area contributed by atoms with E-state index in [-0.39, 0.29) is 5.02 Å². The second kappa shape index (κ2) is 5.26. The summed E-state index contributed by atoms with van der Waals surface area (Å²) in [6, 6.07) is 9.99.